The van der Waals surface area contributed by atoms with Gasteiger partial charge in [0.25, 0.3) is 0 Å². The van der Waals surface area contributed by atoms with E-state index in [1.807, 2.05) is 55.4 Å². The maximum Gasteiger partial charge on any atom is 0 e. The minimum Gasteiger partial charge on any atom is -0.0808 e. The van der Waals surface area contributed by atoms with Crippen LogP contribution in [0.3, 0.4) is 0 Å². The van der Waals surface area contributed by atoms with Gasteiger partial charge in [0.2, 0.25) is 0 Å². The van der Waals surface area contributed by atoms with Gasteiger partial charge in [-0.05, 0) is 12.8 Å². The van der Waals surface area contributed by atoms with E-state index in [1.54, 1.807) is 0 Å². The molecule has 0 saturated heterocycles. The molecule has 2 aliphatic carbocycles. The maximum atomic E-state index is 2.12. The minimum atomic E-state index is 0. The van der Waals surface area contributed by atoms with E-state index in [4.69, 9.17) is 0 Å². The van der Waals surface area contributed by atoms with Crippen molar-refractivity contribution in [3.8, 4) is 0 Å². The summed E-state index contributed by atoms with van der Waals surface area (Å²) in [5.74, 6) is 0. The highest BCUT2D eigenvalue weighted by molar-refractivity contribution is 5.75. The molecule has 2 aliphatic rings. The Balaban J connectivity index is -0.0000000234. The average molecular weight is 282 g/mol. The van der Waals surface area contributed by atoms with Crippen molar-refractivity contribution in [1.82, 2.24) is 0 Å². The van der Waals surface area contributed by atoms with Crippen LogP contribution in [0.25, 0.3) is 0 Å². The second-order valence-corrected chi connectivity index (χ2v) is 2.18. The van der Waals surface area contributed by atoms with Gasteiger partial charge in [-0.25, -0.2) is 0 Å². The fourth-order valence-corrected chi connectivity index (χ4v) is 0.786. The van der Waals surface area contributed by atoms with Crippen molar-refractivity contribution < 1.29 is 1.43 Å². The maximum absolute atomic E-state index is 2.12. The molecule has 3 radical (unpaired) electrons. The summed E-state index contributed by atoms with van der Waals surface area (Å²) in [5.41, 5.74) is 0. The summed E-state index contributed by atoms with van der Waals surface area (Å²) in [6.45, 7) is 16.0. The molecule has 0 spiro atoms. The molecular weight excluding hydrogens is 239 g/mol. The number of hydrogen-bond acceptors (Lipinski definition) is 0. The summed E-state index contributed by atoms with van der Waals surface area (Å²) in [6.07, 6.45) is 19.0. The lowest BCUT2D eigenvalue weighted by atomic mass is 10.5. The van der Waals surface area contributed by atoms with Gasteiger partial charge in [0.05, 0.1) is 0 Å². The van der Waals surface area contributed by atoms with E-state index in [2.05, 4.69) is 48.6 Å². The molecule has 0 bridgehead atoms. The van der Waals surface area contributed by atoms with Crippen LogP contribution in [-0.2, 0) is 0 Å². The molecular formula is C19H42B. The van der Waals surface area contributed by atoms with Crippen LogP contribution in [-0.4, -0.2) is 8.41 Å². The summed E-state index contributed by atoms with van der Waals surface area (Å²) >= 11 is 0. The first-order valence-electron chi connectivity index (χ1n) is 7.63. The van der Waals surface area contributed by atoms with Crippen LogP contribution in [0.4, 0.5) is 0 Å². The molecule has 0 atom stereocenters. The molecule has 0 aromatic heterocycles. The van der Waals surface area contributed by atoms with Crippen LogP contribution in [0.15, 0.2) is 48.6 Å². The lowest BCUT2D eigenvalue weighted by molar-refractivity contribution is 1.45. The largest absolute Gasteiger partial charge is 0.0808 e. The zero-order valence-electron chi connectivity index (χ0n) is 14.6. The predicted octanol–water partition coefficient (Wildman–Crippen LogP) is 7.61. The molecule has 2 rings (SSSR count). The molecule has 0 unspecified atom stereocenters. The summed E-state index contributed by atoms with van der Waals surface area (Å²) in [4.78, 5) is 0. The Morgan fingerprint density at radius 2 is 0.650 bits per heavy atom. The number of allylic oxidation sites excluding steroid dienone is 8. The Morgan fingerprint density at radius 1 is 0.500 bits per heavy atom. The van der Waals surface area contributed by atoms with Crippen LogP contribution in [0.5, 0.6) is 0 Å². The smallest absolute Gasteiger partial charge is 0 e. The van der Waals surface area contributed by atoms with Gasteiger partial charge >= 0.3 is 0 Å². The number of hydrogen-bond donors (Lipinski definition) is 0. The second kappa shape index (κ2) is 64.1. The zero-order chi connectivity index (χ0) is 15.1. The fraction of sp³-hybridized carbons (Fsp3) is 0.579. The third-order valence-corrected chi connectivity index (χ3v) is 1.31. The van der Waals surface area contributed by atoms with E-state index >= 15 is 0 Å². The van der Waals surface area contributed by atoms with Crippen LogP contribution in [0.1, 0.15) is 77.1 Å². The highest BCUT2D eigenvalue weighted by Crippen LogP contribution is 1.93. The summed E-state index contributed by atoms with van der Waals surface area (Å²) in [5, 5.41) is 0. The first-order chi connectivity index (χ1) is 9.00. The molecule has 0 aliphatic heterocycles. The standard InChI is InChI=1S/2C5H6.4C2H6.CH4.B.H2/c2*1-2-4-5-3-1;4*1-2;;;/h2*1-4H,5H2;4*1-2H3;1H4;;1H/i;;;;;;;;1+1. The molecule has 0 fully saturated rings. The molecule has 0 aromatic rings. The Bertz CT molecular complexity index is 150. The van der Waals surface area contributed by atoms with E-state index < -0.39 is 0 Å². The van der Waals surface area contributed by atoms with Crippen molar-refractivity contribution in [1.29, 1.82) is 0 Å². The van der Waals surface area contributed by atoms with Gasteiger partial charge < -0.3 is 0 Å². The lowest BCUT2D eigenvalue weighted by Crippen LogP contribution is -1.37. The first-order valence-corrected chi connectivity index (χ1v) is 7.63. The van der Waals surface area contributed by atoms with Crippen molar-refractivity contribution in [3.05, 3.63) is 48.6 Å². The fourth-order valence-electron chi connectivity index (χ4n) is 0.786. The highest BCUT2D eigenvalue weighted by Gasteiger charge is 1.72. The van der Waals surface area contributed by atoms with Gasteiger partial charge in [0.15, 0.2) is 0 Å². The Hall–Kier alpha value is -0.975. The van der Waals surface area contributed by atoms with Gasteiger partial charge in [0.1, 0.15) is 0 Å². The quantitative estimate of drug-likeness (QED) is 0.401. The van der Waals surface area contributed by atoms with Crippen LogP contribution < -0.4 is 0 Å². The van der Waals surface area contributed by atoms with Crippen molar-refractivity contribution in [2.75, 3.05) is 0 Å². The zero-order valence-corrected chi connectivity index (χ0v) is 14.6. The molecule has 20 heavy (non-hydrogen) atoms. The minimum absolute atomic E-state index is 0. The SMILES string of the molecule is C.C1=CCC=C1.C1=CCC=C1.CC.CC.CC.CC.[2HH].[B]. The molecule has 0 saturated carbocycles. The van der Waals surface area contributed by atoms with Crippen molar-refractivity contribution in [2.24, 2.45) is 0 Å². The van der Waals surface area contributed by atoms with E-state index in [0.717, 1.165) is 12.8 Å². The molecule has 0 amide bonds. The predicted molar refractivity (Wildman–Crippen MR) is 106 cm³/mol. The van der Waals surface area contributed by atoms with Gasteiger partial charge in [-0.15, -0.1) is 0 Å². The summed E-state index contributed by atoms with van der Waals surface area (Å²) < 4.78 is 0. The molecule has 0 heterocycles. The summed E-state index contributed by atoms with van der Waals surface area (Å²) in [7, 11) is 0. The van der Waals surface area contributed by atoms with E-state index in [0.29, 0.717) is 0 Å². The Kier molecular flexibility index (Phi) is 117. The highest BCUT2D eigenvalue weighted by atomic mass is 13.8. The number of rotatable bonds is 0. The van der Waals surface area contributed by atoms with Gasteiger partial charge in [-0.2, -0.15) is 0 Å². The third kappa shape index (κ3) is 53.7. The topological polar surface area (TPSA) is 0 Å². The van der Waals surface area contributed by atoms with E-state index in [9.17, 15) is 0 Å². The van der Waals surface area contributed by atoms with Gasteiger partial charge in [0, 0.05) is 9.84 Å². The molecule has 121 valence electrons. The second-order valence-electron chi connectivity index (χ2n) is 2.18. The van der Waals surface area contributed by atoms with Crippen LogP contribution in [0.2, 0.25) is 0 Å². The lowest BCUT2D eigenvalue weighted by Gasteiger charge is -1.57. The third-order valence-electron chi connectivity index (χ3n) is 1.31. The Morgan fingerprint density at radius 3 is 0.700 bits per heavy atom. The monoisotopic (exact) mass is 282 g/mol. The molecule has 0 N–H and O–H groups in total. The Labute approximate surface area is 134 Å². The first kappa shape index (κ1) is 36.4. The van der Waals surface area contributed by atoms with Crippen LogP contribution >= 0.6 is 0 Å². The van der Waals surface area contributed by atoms with E-state index in [-0.39, 0.29) is 17.3 Å². The van der Waals surface area contributed by atoms with Crippen molar-refractivity contribution >= 4 is 8.41 Å². The summed E-state index contributed by atoms with van der Waals surface area (Å²) in [6, 6.07) is 0. The van der Waals surface area contributed by atoms with Crippen LogP contribution in [0, 0.1) is 0 Å². The van der Waals surface area contributed by atoms with Gasteiger partial charge in [-0.1, -0.05) is 111 Å². The van der Waals surface area contributed by atoms with Gasteiger partial charge in [-0.3, -0.25) is 0 Å². The van der Waals surface area contributed by atoms with Crippen molar-refractivity contribution in [3.63, 3.8) is 0 Å². The average Bonchev–Trinajstić information content (AvgIpc) is 3.25. The van der Waals surface area contributed by atoms with E-state index in [1.165, 1.54) is 0 Å². The van der Waals surface area contributed by atoms with Crippen molar-refractivity contribution in [2.45, 2.75) is 75.7 Å². The molecule has 1 heteroatoms. The normalized spacial score (nSPS) is 10.0. The molecule has 0 nitrogen and oxygen atoms in total. The molecule has 0 aromatic carbocycles.